The van der Waals surface area contributed by atoms with Gasteiger partial charge in [0.05, 0.1) is 6.54 Å². The van der Waals surface area contributed by atoms with Crippen LogP contribution in [0.5, 0.6) is 0 Å². The summed E-state index contributed by atoms with van der Waals surface area (Å²) < 4.78 is 0. The fourth-order valence-electron chi connectivity index (χ4n) is 2.28. The van der Waals surface area contributed by atoms with Gasteiger partial charge in [0, 0.05) is 25.7 Å². The number of piperidine rings is 1. The minimum Gasteiger partial charge on any atom is -0.355 e. The van der Waals surface area contributed by atoms with Crippen LogP contribution in [-0.4, -0.2) is 38.2 Å². The monoisotopic (exact) mass is 166 g/mol. The van der Waals surface area contributed by atoms with Gasteiger partial charge in [-0.2, -0.15) is 0 Å². The highest BCUT2D eigenvalue weighted by atomic mass is 15.3. The Labute approximate surface area is 71.8 Å². The number of guanidine groups is 1. The van der Waals surface area contributed by atoms with Crippen LogP contribution >= 0.6 is 0 Å². The Bertz CT molecular complexity index is 215. The first kappa shape index (κ1) is 6.71. The number of aliphatic imine (C=N–C) groups is 1. The highest BCUT2D eigenvalue weighted by molar-refractivity contribution is 5.81. The molecule has 2 fully saturated rings. The Balaban J connectivity index is 1.57. The van der Waals surface area contributed by atoms with Crippen molar-refractivity contribution < 1.29 is 0 Å². The Hall–Kier alpha value is -0.770. The average Bonchev–Trinajstić information content (AvgIpc) is 2.59. The second kappa shape index (κ2) is 2.36. The number of rotatable bonds is 1. The van der Waals surface area contributed by atoms with Crippen molar-refractivity contribution in [2.24, 2.45) is 16.8 Å². The van der Waals surface area contributed by atoms with E-state index in [9.17, 15) is 0 Å². The van der Waals surface area contributed by atoms with Crippen molar-refractivity contribution in [3.8, 4) is 0 Å². The molecule has 0 bridgehead atoms. The van der Waals surface area contributed by atoms with Crippen LogP contribution in [0.25, 0.3) is 0 Å². The highest BCUT2D eigenvalue weighted by Crippen LogP contribution is 2.41. The van der Waals surface area contributed by atoms with E-state index in [0.29, 0.717) is 6.04 Å². The van der Waals surface area contributed by atoms with Gasteiger partial charge in [-0.05, 0) is 11.8 Å². The van der Waals surface area contributed by atoms with E-state index in [4.69, 9.17) is 0 Å². The van der Waals surface area contributed by atoms with Crippen LogP contribution in [0.3, 0.4) is 0 Å². The Morgan fingerprint density at radius 1 is 1.33 bits per heavy atom. The summed E-state index contributed by atoms with van der Waals surface area (Å²) in [5.41, 5.74) is 0. The molecule has 1 saturated heterocycles. The van der Waals surface area contributed by atoms with Crippen LogP contribution in [0.4, 0.5) is 0 Å². The second-order valence-corrected chi connectivity index (χ2v) is 3.81. The fraction of sp³-hybridized carbons (Fsp3) is 0.875. The third kappa shape index (κ3) is 0.909. The summed E-state index contributed by atoms with van der Waals surface area (Å²) in [4.78, 5) is 4.32. The second-order valence-electron chi connectivity index (χ2n) is 3.81. The summed E-state index contributed by atoms with van der Waals surface area (Å²) in [6.45, 7) is 4.32. The van der Waals surface area contributed by atoms with E-state index in [-0.39, 0.29) is 0 Å². The lowest BCUT2D eigenvalue weighted by atomic mass is 10.4. The van der Waals surface area contributed by atoms with E-state index in [2.05, 4.69) is 20.9 Å². The molecule has 0 radical (unpaired) electrons. The molecule has 0 amide bonds. The van der Waals surface area contributed by atoms with E-state index in [1.54, 1.807) is 0 Å². The van der Waals surface area contributed by atoms with Crippen molar-refractivity contribution >= 4 is 5.96 Å². The molecule has 3 rings (SSSR count). The van der Waals surface area contributed by atoms with Gasteiger partial charge in [-0.1, -0.05) is 0 Å². The summed E-state index contributed by atoms with van der Waals surface area (Å²) in [5, 5.41) is 10.1. The van der Waals surface area contributed by atoms with Gasteiger partial charge in [-0.3, -0.25) is 4.99 Å². The average molecular weight is 166 g/mol. The maximum absolute atomic E-state index is 4.32. The van der Waals surface area contributed by atoms with Crippen LogP contribution in [0.15, 0.2) is 4.99 Å². The van der Waals surface area contributed by atoms with Gasteiger partial charge in [0.2, 0.25) is 0 Å². The summed E-state index contributed by atoms with van der Waals surface area (Å²) in [6, 6.07) is 0.704. The van der Waals surface area contributed by atoms with Crippen molar-refractivity contribution in [2.75, 3.05) is 26.2 Å². The largest absolute Gasteiger partial charge is 0.355 e. The molecule has 0 aromatic heterocycles. The van der Waals surface area contributed by atoms with Gasteiger partial charge in [-0.15, -0.1) is 0 Å². The first-order chi connectivity index (χ1) is 5.95. The molecule has 12 heavy (non-hydrogen) atoms. The van der Waals surface area contributed by atoms with Gasteiger partial charge in [0.1, 0.15) is 0 Å². The molecular weight excluding hydrogens is 152 g/mol. The van der Waals surface area contributed by atoms with Crippen molar-refractivity contribution in [1.29, 1.82) is 0 Å². The predicted octanol–water partition coefficient (Wildman–Crippen LogP) is -1.25. The molecule has 0 aromatic carbocycles. The Morgan fingerprint density at radius 2 is 2.17 bits per heavy atom. The lowest BCUT2D eigenvalue weighted by Crippen LogP contribution is -2.38. The quantitative estimate of drug-likeness (QED) is 0.456. The fourth-order valence-corrected chi connectivity index (χ4v) is 2.28. The molecule has 2 heterocycles. The van der Waals surface area contributed by atoms with Crippen LogP contribution in [0, 0.1) is 11.8 Å². The molecule has 1 saturated carbocycles. The van der Waals surface area contributed by atoms with Gasteiger partial charge in [0.25, 0.3) is 0 Å². The molecule has 4 nitrogen and oxygen atoms in total. The van der Waals surface area contributed by atoms with Gasteiger partial charge >= 0.3 is 0 Å². The van der Waals surface area contributed by atoms with Gasteiger partial charge < -0.3 is 16.0 Å². The number of hydrogen-bond acceptors (Lipinski definition) is 4. The first-order valence-corrected chi connectivity index (χ1v) is 4.71. The normalized spacial score (nSPS) is 43.3. The van der Waals surface area contributed by atoms with Crippen molar-refractivity contribution in [2.45, 2.75) is 6.04 Å². The third-order valence-corrected chi connectivity index (χ3v) is 3.07. The van der Waals surface area contributed by atoms with Crippen LogP contribution in [-0.2, 0) is 0 Å². The maximum atomic E-state index is 4.32. The third-order valence-electron chi connectivity index (χ3n) is 3.07. The minimum absolute atomic E-state index is 0.704. The number of hydrogen-bond donors (Lipinski definition) is 3. The zero-order valence-corrected chi connectivity index (χ0v) is 7.01. The maximum Gasteiger partial charge on any atom is 0.191 e. The van der Waals surface area contributed by atoms with Crippen molar-refractivity contribution in [1.82, 2.24) is 16.0 Å². The lowest BCUT2D eigenvalue weighted by Gasteiger charge is -2.08. The molecule has 4 heteroatoms. The summed E-state index contributed by atoms with van der Waals surface area (Å²) in [5.74, 6) is 2.76. The van der Waals surface area contributed by atoms with Crippen LogP contribution in [0.2, 0.25) is 0 Å². The Kier molecular flexibility index (Phi) is 1.32. The summed E-state index contributed by atoms with van der Waals surface area (Å²) >= 11 is 0. The van der Waals surface area contributed by atoms with Crippen molar-refractivity contribution in [3.63, 3.8) is 0 Å². The molecular formula is C8H14N4. The van der Waals surface area contributed by atoms with E-state index in [0.717, 1.165) is 30.9 Å². The summed E-state index contributed by atoms with van der Waals surface area (Å²) in [6.07, 6.45) is 0. The van der Waals surface area contributed by atoms with E-state index < -0.39 is 0 Å². The number of nitrogens with zero attached hydrogens (tertiary/aromatic N) is 1. The Morgan fingerprint density at radius 3 is 2.83 bits per heavy atom. The van der Waals surface area contributed by atoms with Crippen LogP contribution in [0.1, 0.15) is 0 Å². The molecule has 2 atom stereocenters. The van der Waals surface area contributed by atoms with Crippen LogP contribution < -0.4 is 16.0 Å². The SMILES string of the molecule is C1CNC(NC2C3CNCC32)=N1. The van der Waals surface area contributed by atoms with E-state index in [1.807, 2.05) is 0 Å². The van der Waals surface area contributed by atoms with E-state index in [1.165, 1.54) is 13.1 Å². The molecule has 3 N–H and O–H groups in total. The highest BCUT2D eigenvalue weighted by Gasteiger charge is 2.53. The smallest absolute Gasteiger partial charge is 0.191 e. The molecule has 0 spiro atoms. The number of fused-ring (bicyclic) bond motifs is 1. The van der Waals surface area contributed by atoms with E-state index >= 15 is 0 Å². The molecule has 2 aliphatic heterocycles. The van der Waals surface area contributed by atoms with Gasteiger partial charge in [-0.25, -0.2) is 0 Å². The molecule has 3 aliphatic rings. The lowest BCUT2D eigenvalue weighted by molar-refractivity contribution is 0.637. The van der Waals surface area contributed by atoms with Gasteiger partial charge in [0.15, 0.2) is 5.96 Å². The number of nitrogens with one attached hydrogen (secondary N) is 3. The predicted molar refractivity (Wildman–Crippen MR) is 47.1 cm³/mol. The minimum atomic E-state index is 0.704. The molecule has 66 valence electrons. The molecule has 1 aliphatic carbocycles. The standard InChI is InChI=1S/C8H14N4/c1-2-11-8(10-1)12-7-5-3-9-4-6(5)7/h5-7,9H,1-4H2,(H2,10,11,12). The molecule has 0 aromatic rings. The van der Waals surface area contributed by atoms with Crippen molar-refractivity contribution in [3.05, 3.63) is 0 Å². The molecule has 2 unspecified atom stereocenters. The zero-order chi connectivity index (χ0) is 7.97. The topological polar surface area (TPSA) is 48.4 Å². The first-order valence-electron chi connectivity index (χ1n) is 4.71. The summed E-state index contributed by atoms with van der Waals surface area (Å²) in [7, 11) is 0. The zero-order valence-electron chi connectivity index (χ0n) is 7.01.